The third-order valence-electron chi connectivity index (χ3n) is 2.53. The van der Waals surface area contributed by atoms with Gasteiger partial charge in [-0.25, -0.2) is 0 Å². The molecule has 3 atom stereocenters. The second-order valence-corrected chi connectivity index (χ2v) is 33.2. The molecule has 132 valence electrons. The summed E-state index contributed by atoms with van der Waals surface area (Å²) in [6, 6.07) is -2.13. The van der Waals surface area contributed by atoms with Crippen LogP contribution in [0.15, 0.2) is 0 Å². The third kappa shape index (κ3) is 13.6. The minimum absolute atomic E-state index is 0.0510. The van der Waals surface area contributed by atoms with Gasteiger partial charge in [0.15, 0.2) is 11.6 Å². The average molecular weight is 451 g/mol. The van der Waals surface area contributed by atoms with Crippen molar-refractivity contribution in [3.05, 3.63) is 0 Å². The van der Waals surface area contributed by atoms with Crippen LogP contribution < -0.4 is 11.5 Å². The molecule has 6 N–H and O–H groups in total. The van der Waals surface area contributed by atoms with Gasteiger partial charge in [0.2, 0.25) is 0 Å². The number of aliphatic hydroxyl groups is 2. The number of hydrogen-bond acceptors (Lipinski definition) is 10. The summed E-state index contributed by atoms with van der Waals surface area (Å²) in [5, 5.41) is 18.6. The SMILES string of the molecule is CC(N)C(=O)C(N)C(O)C(=O)CC(C)(C)CO.[SH][Ge]([SH])([SH])[SH]. The zero-order valence-corrected chi connectivity index (χ0v) is 18.5. The molecule has 0 saturated carbocycles. The molecule has 0 radical (unpaired) electrons. The molecule has 0 amide bonds. The number of carbonyl (C=O) groups excluding carboxylic acids is 2. The summed E-state index contributed by atoms with van der Waals surface area (Å²) in [6.45, 7) is 4.60. The van der Waals surface area contributed by atoms with E-state index in [4.69, 9.17) is 16.6 Å². The van der Waals surface area contributed by atoms with Crippen molar-refractivity contribution in [3.8, 4) is 0 Å². The number of thiol groups is 4. The van der Waals surface area contributed by atoms with Crippen molar-refractivity contribution < 1.29 is 19.8 Å². The topological polar surface area (TPSA) is 127 Å². The van der Waals surface area contributed by atoms with Crippen molar-refractivity contribution in [1.82, 2.24) is 0 Å². The molecule has 0 spiro atoms. The molecular weight excluding hydrogens is 425 g/mol. The van der Waals surface area contributed by atoms with E-state index in [2.05, 4.69) is 43.8 Å². The Morgan fingerprint density at radius 2 is 1.55 bits per heavy atom. The zero-order valence-electron chi connectivity index (χ0n) is 12.8. The van der Waals surface area contributed by atoms with Gasteiger partial charge in [0, 0.05) is 13.0 Å². The third-order valence-corrected chi connectivity index (χ3v) is 2.53. The summed E-state index contributed by atoms with van der Waals surface area (Å²) in [5.41, 5.74) is 10.2. The van der Waals surface area contributed by atoms with Crippen LogP contribution in [0.2, 0.25) is 0 Å². The number of carbonyl (C=O) groups is 2. The molecular formula is C11H26GeN2O4S4. The molecule has 0 heterocycles. The Labute approximate surface area is 152 Å². The van der Waals surface area contributed by atoms with E-state index in [1.54, 1.807) is 13.8 Å². The fourth-order valence-electron chi connectivity index (χ4n) is 1.29. The van der Waals surface area contributed by atoms with E-state index in [0.29, 0.717) is 0 Å². The Bertz CT molecular complexity index is 372. The van der Waals surface area contributed by atoms with Crippen LogP contribution in [0.5, 0.6) is 0 Å². The van der Waals surface area contributed by atoms with E-state index in [9.17, 15) is 14.7 Å². The van der Waals surface area contributed by atoms with Crippen molar-refractivity contribution in [2.75, 3.05) is 6.61 Å². The Hall–Kier alpha value is 1.12. The normalized spacial score (nSPS) is 16.1. The molecule has 0 aromatic heterocycles. The van der Waals surface area contributed by atoms with Crippen LogP contribution in [0.1, 0.15) is 27.2 Å². The molecule has 11 heteroatoms. The van der Waals surface area contributed by atoms with E-state index in [0.717, 1.165) is 0 Å². The minimum atomic E-state index is -2.22. The van der Waals surface area contributed by atoms with Crippen LogP contribution in [-0.2, 0) is 9.59 Å². The van der Waals surface area contributed by atoms with Crippen LogP contribution in [0.4, 0.5) is 0 Å². The van der Waals surface area contributed by atoms with Gasteiger partial charge in [0.05, 0.1) is 12.1 Å². The summed E-state index contributed by atoms with van der Waals surface area (Å²) in [7, 11) is 13.4. The predicted octanol–water partition coefficient (Wildman–Crippen LogP) is -0.290. The molecule has 0 aromatic rings. The molecule has 0 aliphatic carbocycles. The van der Waals surface area contributed by atoms with Crippen molar-refractivity contribution in [3.63, 3.8) is 0 Å². The average Bonchev–Trinajstić information content (AvgIpc) is 2.33. The van der Waals surface area contributed by atoms with Crippen LogP contribution in [0, 0.1) is 5.41 Å². The molecule has 0 aliphatic heterocycles. The second-order valence-electron chi connectivity index (χ2n) is 5.73. The summed E-state index contributed by atoms with van der Waals surface area (Å²) in [6.07, 6.45) is -1.62. The molecule has 3 unspecified atom stereocenters. The fourth-order valence-corrected chi connectivity index (χ4v) is 1.29. The van der Waals surface area contributed by atoms with Gasteiger partial charge >= 0.3 is 52.5 Å². The number of aliphatic hydroxyl groups excluding tert-OH is 2. The number of rotatable bonds is 7. The van der Waals surface area contributed by atoms with Crippen LogP contribution in [-0.4, -0.2) is 55.3 Å². The molecule has 0 aliphatic rings. The molecule has 22 heavy (non-hydrogen) atoms. The van der Waals surface area contributed by atoms with E-state index >= 15 is 0 Å². The monoisotopic (exact) mass is 452 g/mol. The second kappa shape index (κ2) is 10.9. The van der Waals surface area contributed by atoms with Gasteiger partial charge in [-0.05, 0) is 12.3 Å². The van der Waals surface area contributed by atoms with Gasteiger partial charge in [-0.15, -0.1) is 0 Å². The number of nitrogens with two attached hydrogens (primary N) is 2. The molecule has 0 aromatic carbocycles. The van der Waals surface area contributed by atoms with E-state index < -0.39 is 43.9 Å². The van der Waals surface area contributed by atoms with Crippen LogP contribution >= 0.6 is 43.8 Å². The summed E-state index contributed by atoms with van der Waals surface area (Å²) >= 11 is 0. The predicted molar refractivity (Wildman–Crippen MR) is 105 cm³/mol. The Morgan fingerprint density at radius 1 is 1.18 bits per heavy atom. The first-order valence-electron chi connectivity index (χ1n) is 6.38. The number of hydrogen-bond donors (Lipinski definition) is 8. The van der Waals surface area contributed by atoms with E-state index in [-0.39, 0.29) is 13.0 Å². The van der Waals surface area contributed by atoms with E-state index in [1.165, 1.54) is 6.92 Å². The van der Waals surface area contributed by atoms with Crippen molar-refractivity contribution in [1.29, 1.82) is 0 Å². The molecule has 6 nitrogen and oxygen atoms in total. The van der Waals surface area contributed by atoms with Crippen LogP contribution in [0.3, 0.4) is 0 Å². The van der Waals surface area contributed by atoms with Gasteiger partial charge in [-0.2, -0.15) is 0 Å². The van der Waals surface area contributed by atoms with Gasteiger partial charge in [-0.3, -0.25) is 9.59 Å². The first-order chi connectivity index (χ1) is 9.62. The molecule has 0 fully saturated rings. The van der Waals surface area contributed by atoms with Gasteiger partial charge in [0.1, 0.15) is 6.10 Å². The maximum atomic E-state index is 11.7. The van der Waals surface area contributed by atoms with Crippen molar-refractivity contribution >= 4 is 64.1 Å². The first-order valence-corrected chi connectivity index (χ1v) is 19.4. The van der Waals surface area contributed by atoms with Gasteiger partial charge in [-0.1, -0.05) is 13.8 Å². The summed E-state index contributed by atoms with van der Waals surface area (Å²) < 4.78 is 0. The molecule has 0 bridgehead atoms. The standard InChI is InChI=1S/C11H22N2O4.GeH4S4/c1-6(12)9(16)8(13)10(17)7(15)4-11(2,3)5-14;2-1(3,4)5/h6,8,10,14,17H,4-5,12-13H2,1-3H3;2-5H. The number of Topliss-reactive ketones (excluding diaryl/α,β-unsaturated/α-hetero) is 2. The maximum absolute atomic E-state index is 11.7. The first kappa shape index (κ1) is 25.4. The summed E-state index contributed by atoms with van der Waals surface area (Å²) in [5.74, 6) is -1.13. The Morgan fingerprint density at radius 3 is 1.82 bits per heavy atom. The van der Waals surface area contributed by atoms with Gasteiger partial charge < -0.3 is 21.7 Å². The quantitative estimate of drug-likeness (QED) is 0.199. The zero-order chi connectivity index (χ0) is 18.3. The molecule has 0 rings (SSSR count). The summed E-state index contributed by atoms with van der Waals surface area (Å²) in [4.78, 5) is 23.1. The van der Waals surface area contributed by atoms with Gasteiger partial charge in [0.25, 0.3) is 0 Å². The van der Waals surface area contributed by atoms with Crippen LogP contribution in [0.25, 0.3) is 0 Å². The van der Waals surface area contributed by atoms with Crippen molar-refractivity contribution in [2.45, 2.75) is 45.4 Å². The van der Waals surface area contributed by atoms with Crippen molar-refractivity contribution in [2.24, 2.45) is 16.9 Å². The fraction of sp³-hybridized carbons (Fsp3) is 0.818. The molecule has 0 saturated heterocycles. The number of ketones is 2. The van der Waals surface area contributed by atoms with E-state index in [1.807, 2.05) is 0 Å². The Balaban J connectivity index is 0. The Kier molecular flexibility index (Phi) is 12.5.